The number of esters is 1. The van der Waals surface area contributed by atoms with Gasteiger partial charge in [0.2, 0.25) is 0 Å². The second kappa shape index (κ2) is 10.5. The first kappa shape index (κ1) is 23.5. The molecule has 6 heteroatoms. The van der Waals surface area contributed by atoms with E-state index in [9.17, 15) is 9.18 Å². The Kier molecular flexibility index (Phi) is 6.69. The van der Waals surface area contributed by atoms with E-state index in [2.05, 4.69) is 11.2 Å². The lowest BCUT2D eigenvalue weighted by Gasteiger charge is -2.05. The molecule has 0 unspecified atom stereocenters. The van der Waals surface area contributed by atoms with Crippen molar-refractivity contribution < 1.29 is 13.9 Å². The van der Waals surface area contributed by atoms with E-state index in [1.54, 1.807) is 47.2 Å². The SMILES string of the molecule is N#Cc1ccc(-c2ccc(OC(=O)/C=C/c3cn(-c4ccccc4)nc3-c3ccc(F)cc3)cc2)cc1. The molecule has 178 valence electrons. The number of rotatable bonds is 6. The molecule has 0 atom stereocenters. The van der Waals surface area contributed by atoms with E-state index in [0.717, 1.165) is 22.4 Å². The van der Waals surface area contributed by atoms with Crippen molar-refractivity contribution in [1.82, 2.24) is 9.78 Å². The third-order valence-electron chi connectivity index (χ3n) is 5.70. The number of carbonyl (C=O) groups excluding carboxylic acids is 1. The van der Waals surface area contributed by atoms with Gasteiger partial charge in [-0.05, 0) is 77.9 Å². The molecule has 1 heterocycles. The summed E-state index contributed by atoms with van der Waals surface area (Å²) in [6.45, 7) is 0. The maximum Gasteiger partial charge on any atom is 0.336 e. The number of nitrogens with zero attached hydrogens (tertiary/aromatic N) is 3. The van der Waals surface area contributed by atoms with Gasteiger partial charge in [-0.2, -0.15) is 10.4 Å². The zero-order valence-electron chi connectivity index (χ0n) is 19.6. The Labute approximate surface area is 213 Å². The molecule has 0 N–H and O–H groups in total. The van der Waals surface area contributed by atoms with Gasteiger partial charge in [-0.25, -0.2) is 13.9 Å². The second-order valence-corrected chi connectivity index (χ2v) is 8.19. The number of ether oxygens (including phenoxy) is 1. The molecule has 0 fully saturated rings. The fourth-order valence-electron chi connectivity index (χ4n) is 3.81. The van der Waals surface area contributed by atoms with Crippen molar-refractivity contribution in [2.45, 2.75) is 0 Å². The van der Waals surface area contributed by atoms with Crippen molar-refractivity contribution in [2.24, 2.45) is 0 Å². The first-order valence-electron chi connectivity index (χ1n) is 11.5. The number of hydrogen-bond donors (Lipinski definition) is 0. The summed E-state index contributed by atoms with van der Waals surface area (Å²) in [5.41, 5.74) is 5.37. The molecule has 0 radical (unpaired) electrons. The Morgan fingerprint density at radius 1 is 0.838 bits per heavy atom. The quantitative estimate of drug-likeness (QED) is 0.150. The van der Waals surface area contributed by atoms with Crippen LogP contribution in [-0.4, -0.2) is 15.7 Å². The molecule has 0 saturated carbocycles. The predicted octanol–water partition coefficient (Wildman–Crippen LogP) is 6.84. The Morgan fingerprint density at radius 3 is 2.11 bits per heavy atom. The van der Waals surface area contributed by atoms with Crippen molar-refractivity contribution in [2.75, 3.05) is 0 Å². The van der Waals surface area contributed by atoms with Gasteiger partial charge in [0.1, 0.15) is 11.6 Å². The number of aromatic nitrogens is 2. The number of hydrogen-bond acceptors (Lipinski definition) is 4. The Balaban J connectivity index is 1.34. The molecule has 5 rings (SSSR count). The molecule has 1 aromatic heterocycles. The van der Waals surface area contributed by atoms with Crippen LogP contribution in [0.25, 0.3) is 34.1 Å². The molecule has 4 aromatic carbocycles. The third-order valence-corrected chi connectivity index (χ3v) is 5.70. The molecule has 0 amide bonds. The summed E-state index contributed by atoms with van der Waals surface area (Å²) in [5, 5.41) is 13.6. The number of para-hydroxylation sites is 1. The molecule has 5 aromatic rings. The minimum Gasteiger partial charge on any atom is -0.423 e. The van der Waals surface area contributed by atoms with Crippen LogP contribution in [-0.2, 0) is 4.79 Å². The van der Waals surface area contributed by atoms with Crippen molar-refractivity contribution in [3.63, 3.8) is 0 Å². The smallest absolute Gasteiger partial charge is 0.336 e. The maximum atomic E-state index is 13.5. The molecule has 5 nitrogen and oxygen atoms in total. The van der Waals surface area contributed by atoms with Crippen LogP contribution in [0.2, 0.25) is 0 Å². The van der Waals surface area contributed by atoms with Crippen molar-refractivity contribution in [3.05, 3.63) is 132 Å². The first-order valence-corrected chi connectivity index (χ1v) is 11.5. The molecular weight excluding hydrogens is 465 g/mol. The Bertz CT molecular complexity index is 1600. The highest BCUT2D eigenvalue weighted by atomic mass is 19.1. The van der Waals surface area contributed by atoms with Crippen LogP contribution in [0.5, 0.6) is 5.75 Å². The highest BCUT2D eigenvalue weighted by molar-refractivity contribution is 5.90. The lowest BCUT2D eigenvalue weighted by Crippen LogP contribution is -2.03. The fourth-order valence-corrected chi connectivity index (χ4v) is 3.81. The van der Waals surface area contributed by atoms with Crippen LogP contribution in [0.1, 0.15) is 11.1 Å². The monoisotopic (exact) mass is 485 g/mol. The van der Waals surface area contributed by atoms with E-state index in [0.29, 0.717) is 22.6 Å². The molecule has 0 aliphatic carbocycles. The highest BCUT2D eigenvalue weighted by Crippen LogP contribution is 2.26. The molecular formula is C31H20FN3O2. The normalized spacial score (nSPS) is 10.8. The zero-order valence-corrected chi connectivity index (χ0v) is 19.6. The highest BCUT2D eigenvalue weighted by Gasteiger charge is 2.12. The third kappa shape index (κ3) is 5.53. The topological polar surface area (TPSA) is 67.9 Å². The van der Waals surface area contributed by atoms with Crippen LogP contribution in [0.15, 0.2) is 115 Å². The average Bonchev–Trinajstić information content (AvgIpc) is 3.38. The van der Waals surface area contributed by atoms with Gasteiger partial charge in [0.25, 0.3) is 0 Å². The Morgan fingerprint density at radius 2 is 1.46 bits per heavy atom. The number of halogens is 1. The molecule has 37 heavy (non-hydrogen) atoms. The molecule has 0 saturated heterocycles. The lowest BCUT2D eigenvalue weighted by atomic mass is 10.0. The van der Waals surface area contributed by atoms with E-state index in [-0.39, 0.29) is 5.82 Å². The average molecular weight is 486 g/mol. The van der Waals surface area contributed by atoms with Gasteiger partial charge in [-0.1, -0.05) is 42.5 Å². The summed E-state index contributed by atoms with van der Waals surface area (Å²) < 4.78 is 20.7. The van der Waals surface area contributed by atoms with Crippen LogP contribution in [0.3, 0.4) is 0 Å². The van der Waals surface area contributed by atoms with Crippen molar-refractivity contribution in [1.29, 1.82) is 5.26 Å². The first-order chi connectivity index (χ1) is 18.1. The molecule has 0 spiro atoms. The van der Waals surface area contributed by atoms with Gasteiger partial charge in [-0.3, -0.25) is 0 Å². The van der Waals surface area contributed by atoms with Crippen molar-refractivity contribution >= 4 is 12.0 Å². The van der Waals surface area contributed by atoms with E-state index in [1.165, 1.54) is 18.2 Å². The van der Waals surface area contributed by atoms with Gasteiger partial charge in [-0.15, -0.1) is 0 Å². The van der Waals surface area contributed by atoms with Gasteiger partial charge in [0.05, 0.1) is 23.0 Å². The van der Waals surface area contributed by atoms with E-state index >= 15 is 0 Å². The lowest BCUT2D eigenvalue weighted by molar-refractivity contribution is -0.128. The summed E-state index contributed by atoms with van der Waals surface area (Å²) in [6, 6.07) is 32.1. The van der Waals surface area contributed by atoms with Gasteiger partial charge in [0.15, 0.2) is 0 Å². The van der Waals surface area contributed by atoms with Gasteiger partial charge >= 0.3 is 5.97 Å². The Hall–Kier alpha value is -5.28. The standard InChI is InChI=1S/C31H20FN3O2/c32-27-15-10-25(11-16-27)31-26(21-35(34-31)28-4-2-1-3-5-28)14-19-30(36)37-29-17-12-24(13-18-29)23-8-6-22(20-33)7-9-23/h1-19,21H/b19-14+. The van der Waals surface area contributed by atoms with Gasteiger partial charge in [0, 0.05) is 23.4 Å². The second-order valence-electron chi connectivity index (χ2n) is 8.19. The summed E-state index contributed by atoms with van der Waals surface area (Å²) >= 11 is 0. The molecule has 0 bridgehead atoms. The number of nitriles is 1. The van der Waals surface area contributed by atoms with E-state index < -0.39 is 5.97 Å². The van der Waals surface area contributed by atoms with E-state index in [1.807, 2.05) is 60.8 Å². The molecule has 0 aliphatic heterocycles. The summed E-state index contributed by atoms with van der Waals surface area (Å²) in [5.74, 6) is -0.466. The summed E-state index contributed by atoms with van der Waals surface area (Å²) in [6.07, 6.45) is 4.79. The van der Waals surface area contributed by atoms with Crippen LogP contribution in [0, 0.1) is 17.1 Å². The van der Waals surface area contributed by atoms with Gasteiger partial charge < -0.3 is 4.74 Å². The van der Waals surface area contributed by atoms with Crippen LogP contribution < -0.4 is 4.74 Å². The van der Waals surface area contributed by atoms with Crippen LogP contribution in [0.4, 0.5) is 4.39 Å². The summed E-state index contributed by atoms with van der Waals surface area (Å²) in [4.78, 5) is 12.6. The fraction of sp³-hybridized carbons (Fsp3) is 0. The minimum absolute atomic E-state index is 0.336. The minimum atomic E-state index is -0.538. The predicted molar refractivity (Wildman–Crippen MR) is 140 cm³/mol. The van der Waals surface area contributed by atoms with Crippen molar-refractivity contribution in [3.8, 4) is 39.9 Å². The van der Waals surface area contributed by atoms with Crippen LogP contribution >= 0.6 is 0 Å². The number of carbonyl (C=O) groups is 1. The maximum absolute atomic E-state index is 13.5. The van der Waals surface area contributed by atoms with E-state index in [4.69, 9.17) is 10.00 Å². The molecule has 0 aliphatic rings. The summed E-state index contributed by atoms with van der Waals surface area (Å²) in [7, 11) is 0. The number of benzene rings is 4. The largest absolute Gasteiger partial charge is 0.423 e. The zero-order chi connectivity index (χ0) is 25.6.